The highest BCUT2D eigenvalue weighted by Crippen LogP contribution is 2.51. The maximum Gasteiger partial charge on any atom is -0.0329 e. The Morgan fingerprint density at radius 1 is 0.429 bits per heavy atom. The number of hydrogen-bond donors (Lipinski definition) is 0. The van der Waals surface area contributed by atoms with Crippen LogP contribution >= 0.6 is 0 Å². The second kappa shape index (κ2) is 3.87. The average Bonchev–Trinajstić information content (AvgIpc) is 2.44. The van der Waals surface area contributed by atoms with Crippen molar-refractivity contribution in [2.75, 3.05) is 0 Å². The van der Waals surface area contributed by atoms with Gasteiger partial charge in [0.05, 0.1) is 0 Å². The molecule has 3 saturated carbocycles. The van der Waals surface area contributed by atoms with E-state index in [1.165, 1.54) is 5.92 Å². The van der Waals surface area contributed by atoms with Crippen LogP contribution in [0.4, 0.5) is 0 Å². The fraction of sp³-hybridized carbons (Fsp3) is 1.00. The van der Waals surface area contributed by atoms with Gasteiger partial charge in [-0.05, 0) is 23.7 Å². The monoisotopic (exact) mass is 192 g/mol. The van der Waals surface area contributed by atoms with Gasteiger partial charge in [-0.15, -0.1) is 0 Å². The average molecular weight is 192 g/mol. The minimum Gasteiger partial charge on any atom is -0.0530 e. The minimum atomic E-state index is 1.15. The Hall–Kier alpha value is 0. The SMILES string of the molecule is C1CCC2CCCC3CCCC(C1)C23. The molecule has 0 heteroatoms. The van der Waals surface area contributed by atoms with Crippen molar-refractivity contribution in [1.29, 1.82) is 0 Å². The Morgan fingerprint density at radius 2 is 0.786 bits per heavy atom. The summed E-state index contributed by atoms with van der Waals surface area (Å²) in [4.78, 5) is 0. The van der Waals surface area contributed by atoms with Crippen molar-refractivity contribution < 1.29 is 0 Å². The summed E-state index contributed by atoms with van der Waals surface area (Å²) in [5, 5.41) is 0. The summed E-state index contributed by atoms with van der Waals surface area (Å²) >= 11 is 0. The maximum atomic E-state index is 1.58. The first-order chi connectivity index (χ1) is 6.95. The normalized spacial score (nSPS) is 48.0. The van der Waals surface area contributed by atoms with Gasteiger partial charge in [-0.3, -0.25) is 0 Å². The molecule has 0 aromatic rings. The molecule has 0 spiro atoms. The molecule has 0 saturated heterocycles. The van der Waals surface area contributed by atoms with Gasteiger partial charge >= 0.3 is 0 Å². The van der Waals surface area contributed by atoms with Crippen molar-refractivity contribution in [3.8, 4) is 0 Å². The van der Waals surface area contributed by atoms with Crippen LogP contribution in [0.25, 0.3) is 0 Å². The van der Waals surface area contributed by atoms with Crippen molar-refractivity contribution >= 4 is 0 Å². The first-order valence-corrected chi connectivity index (χ1v) is 6.95. The topological polar surface area (TPSA) is 0 Å². The predicted molar refractivity (Wildman–Crippen MR) is 60.1 cm³/mol. The second-order valence-electron chi connectivity index (χ2n) is 6.00. The lowest BCUT2D eigenvalue weighted by molar-refractivity contribution is 0.0508. The van der Waals surface area contributed by atoms with Gasteiger partial charge in [-0.25, -0.2) is 0 Å². The van der Waals surface area contributed by atoms with E-state index in [2.05, 4.69) is 0 Å². The van der Waals surface area contributed by atoms with Gasteiger partial charge in [0, 0.05) is 0 Å². The van der Waals surface area contributed by atoms with Gasteiger partial charge in [-0.2, -0.15) is 0 Å². The highest BCUT2D eigenvalue weighted by molar-refractivity contribution is 4.91. The van der Waals surface area contributed by atoms with E-state index in [1.54, 1.807) is 64.2 Å². The summed E-state index contributed by atoms with van der Waals surface area (Å²) < 4.78 is 0. The molecule has 3 fully saturated rings. The summed E-state index contributed by atoms with van der Waals surface area (Å²) in [6.07, 6.45) is 15.7. The zero-order chi connectivity index (χ0) is 9.38. The molecular weight excluding hydrogens is 168 g/mol. The molecule has 0 aromatic heterocycles. The number of rotatable bonds is 0. The first kappa shape index (κ1) is 9.24. The van der Waals surface area contributed by atoms with Gasteiger partial charge < -0.3 is 0 Å². The van der Waals surface area contributed by atoms with E-state index in [9.17, 15) is 0 Å². The van der Waals surface area contributed by atoms with Crippen molar-refractivity contribution in [2.24, 2.45) is 23.7 Å². The van der Waals surface area contributed by atoms with Crippen molar-refractivity contribution in [2.45, 2.75) is 64.2 Å². The second-order valence-corrected chi connectivity index (χ2v) is 6.00. The van der Waals surface area contributed by atoms with Gasteiger partial charge in [0.25, 0.3) is 0 Å². The van der Waals surface area contributed by atoms with E-state index in [4.69, 9.17) is 0 Å². The minimum absolute atomic E-state index is 1.15. The fourth-order valence-corrected chi connectivity index (χ4v) is 4.84. The Morgan fingerprint density at radius 3 is 1.21 bits per heavy atom. The first-order valence-electron chi connectivity index (χ1n) is 6.95. The summed E-state index contributed by atoms with van der Waals surface area (Å²) in [5.41, 5.74) is 0. The molecule has 0 N–H and O–H groups in total. The van der Waals surface area contributed by atoms with Crippen LogP contribution in [0.1, 0.15) is 64.2 Å². The Labute approximate surface area is 88.5 Å². The molecule has 80 valence electrons. The molecule has 0 nitrogen and oxygen atoms in total. The van der Waals surface area contributed by atoms with E-state index in [0.29, 0.717) is 0 Å². The quantitative estimate of drug-likeness (QED) is 0.534. The predicted octanol–water partition coefficient (Wildman–Crippen LogP) is 4.39. The Kier molecular flexibility index (Phi) is 2.55. The van der Waals surface area contributed by atoms with Crippen molar-refractivity contribution in [1.82, 2.24) is 0 Å². The van der Waals surface area contributed by atoms with Gasteiger partial charge in [0.15, 0.2) is 0 Å². The lowest BCUT2D eigenvalue weighted by Crippen LogP contribution is -2.36. The molecule has 0 bridgehead atoms. The van der Waals surface area contributed by atoms with E-state index < -0.39 is 0 Å². The molecule has 0 aromatic carbocycles. The van der Waals surface area contributed by atoms with E-state index in [0.717, 1.165) is 17.8 Å². The molecular formula is C14H24. The van der Waals surface area contributed by atoms with E-state index >= 15 is 0 Å². The highest BCUT2D eigenvalue weighted by Gasteiger charge is 2.40. The molecule has 0 radical (unpaired) electrons. The summed E-state index contributed by atoms with van der Waals surface area (Å²) in [5.74, 6) is 4.65. The van der Waals surface area contributed by atoms with Crippen LogP contribution in [-0.4, -0.2) is 0 Å². The Balaban J connectivity index is 1.82. The standard InChI is InChI=1S/C14H24/c1-2-6-12-8-4-10-13-9-3-7-11(5-1)14(12)13/h11-14H,1-10H2. The summed E-state index contributed by atoms with van der Waals surface area (Å²) in [6.45, 7) is 0. The molecule has 0 aliphatic heterocycles. The molecule has 0 heterocycles. The van der Waals surface area contributed by atoms with Crippen LogP contribution < -0.4 is 0 Å². The largest absolute Gasteiger partial charge is 0.0530 e. The van der Waals surface area contributed by atoms with Gasteiger partial charge in [0.1, 0.15) is 0 Å². The third-order valence-corrected chi connectivity index (χ3v) is 5.33. The van der Waals surface area contributed by atoms with E-state index in [-0.39, 0.29) is 0 Å². The molecule has 0 amide bonds. The molecule has 2 atom stereocenters. The van der Waals surface area contributed by atoms with E-state index in [1.807, 2.05) is 0 Å². The van der Waals surface area contributed by atoms with Crippen LogP contribution in [0, 0.1) is 23.7 Å². The zero-order valence-electron chi connectivity index (χ0n) is 9.38. The van der Waals surface area contributed by atoms with Crippen LogP contribution in [0.15, 0.2) is 0 Å². The zero-order valence-corrected chi connectivity index (χ0v) is 9.38. The third-order valence-electron chi connectivity index (χ3n) is 5.33. The molecule has 3 aliphatic rings. The van der Waals surface area contributed by atoms with Crippen LogP contribution in [-0.2, 0) is 0 Å². The smallest absolute Gasteiger partial charge is 0.0329 e. The van der Waals surface area contributed by atoms with Crippen molar-refractivity contribution in [3.05, 3.63) is 0 Å². The molecule has 2 unspecified atom stereocenters. The van der Waals surface area contributed by atoms with Crippen LogP contribution in [0.5, 0.6) is 0 Å². The lowest BCUT2D eigenvalue weighted by atomic mass is 9.60. The van der Waals surface area contributed by atoms with Gasteiger partial charge in [-0.1, -0.05) is 64.2 Å². The Bertz CT molecular complexity index is 176. The summed E-state index contributed by atoms with van der Waals surface area (Å²) in [7, 11) is 0. The number of hydrogen-bond acceptors (Lipinski definition) is 0. The van der Waals surface area contributed by atoms with Gasteiger partial charge in [0.2, 0.25) is 0 Å². The molecule has 14 heavy (non-hydrogen) atoms. The van der Waals surface area contributed by atoms with Crippen molar-refractivity contribution in [3.63, 3.8) is 0 Å². The third kappa shape index (κ3) is 1.51. The molecule has 3 rings (SSSR count). The van der Waals surface area contributed by atoms with Crippen LogP contribution in [0.2, 0.25) is 0 Å². The summed E-state index contributed by atoms with van der Waals surface area (Å²) in [6, 6.07) is 0. The fourth-order valence-electron chi connectivity index (χ4n) is 4.84. The van der Waals surface area contributed by atoms with Crippen LogP contribution in [0.3, 0.4) is 0 Å². The molecule has 3 aliphatic carbocycles. The highest BCUT2D eigenvalue weighted by atomic mass is 14.5. The lowest BCUT2D eigenvalue weighted by Gasteiger charge is -2.45. The maximum absolute atomic E-state index is 1.58.